The molecule has 0 saturated heterocycles. The number of nitrogens with two attached hydrogens (primary N) is 1. The van der Waals surface area contributed by atoms with E-state index in [-0.39, 0.29) is 12.2 Å². The van der Waals surface area contributed by atoms with Crippen LogP contribution in [-0.2, 0) is 16.6 Å². The average molecular weight is 300 g/mol. The highest BCUT2D eigenvalue weighted by molar-refractivity contribution is 7.89. The molecule has 0 atom stereocenters. The first kappa shape index (κ1) is 14.3. The van der Waals surface area contributed by atoms with Crippen LogP contribution >= 0.6 is 0 Å². The number of nitrogens with one attached hydrogen (secondary N) is 1. The molecule has 0 aliphatic rings. The third-order valence-corrected chi connectivity index (χ3v) is 3.83. The van der Waals surface area contributed by atoms with Crippen LogP contribution < -0.4 is 10.5 Å². The second-order valence-corrected chi connectivity index (χ2v) is 5.54. The maximum absolute atomic E-state index is 13.6. The van der Waals surface area contributed by atoms with Crippen molar-refractivity contribution in [2.75, 3.05) is 5.73 Å². The Bertz CT molecular complexity index is 699. The summed E-state index contributed by atoms with van der Waals surface area (Å²) in [6, 6.07) is 2.95. The van der Waals surface area contributed by atoms with E-state index in [9.17, 15) is 17.2 Å². The first-order chi connectivity index (χ1) is 9.40. The minimum absolute atomic E-state index is 0.199. The molecule has 2 rings (SSSR count). The number of benzene rings is 1. The van der Waals surface area contributed by atoms with E-state index in [0.717, 1.165) is 12.1 Å². The van der Waals surface area contributed by atoms with Gasteiger partial charge in [-0.15, -0.1) is 0 Å². The Morgan fingerprint density at radius 2 is 1.90 bits per heavy atom. The molecule has 0 aliphatic carbocycles. The Kier molecular flexibility index (Phi) is 3.91. The van der Waals surface area contributed by atoms with E-state index in [2.05, 4.69) is 14.7 Å². The zero-order chi connectivity index (χ0) is 14.8. The maximum atomic E-state index is 13.6. The second-order valence-electron chi connectivity index (χ2n) is 3.84. The summed E-state index contributed by atoms with van der Waals surface area (Å²) >= 11 is 0. The summed E-state index contributed by atoms with van der Waals surface area (Å²) in [6.07, 6.45) is 2.65. The van der Waals surface area contributed by atoms with Gasteiger partial charge in [-0.25, -0.2) is 31.9 Å². The van der Waals surface area contributed by atoms with Crippen LogP contribution in [0.5, 0.6) is 0 Å². The summed E-state index contributed by atoms with van der Waals surface area (Å²) < 4.78 is 53.0. The van der Waals surface area contributed by atoms with E-state index >= 15 is 0 Å². The zero-order valence-electron chi connectivity index (χ0n) is 10.0. The number of anilines is 1. The van der Waals surface area contributed by atoms with Crippen molar-refractivity contribution in [3.05, 3.63) is 48.1 Å². The molecule has 3 N–H and O–H groups in total. The molecule has 1 aromatic heterocycles. The van der Waals surface area contributed by atoms with E-state index in [4.69, 9.17) is 5.73 Å². The fourth-order valence-electron chi connectivity index (χ4n) is 1.50. The van der Waals surface area contributed by atoms with Crippen molar-refractivity contribution in [2.45, 2.75) is 11.4 Å². The average Bonchev–Trinajstić information content (AvgIpc) is 2.36. The SMILES string of the molecule is Nc1cc(F)c(S(=O)(=O)NCc2ccncn2)c(F)c1. The first-order valence-electron chi connectivity index (χ1n) is 5.39. The Labute approximate surface area is 113 Å². The highest BCUT2D eigenvalue weighted by atomic mass is 32.2. The van der Waals surface area contributed by atoms with Gasteiger partial charge < -0.3 is 5.73 Å². The number of rotatable bonds is 4. The van der Waals surface area contributed by atoms with Crippen molar-refractivity contribution >= 4 is 15.7 Å². The molecular formula is C11H10F2N4O2S. The van der Waals surface area contributed by atoms with Gasteiger partial charge >= 0.3 is 0 Å². The van der Waals surface area contributed by atoms with E-state index in [1.54, 1.807) is 0 Å². The summed E-state index contributed by atoms with van der Waals surface area (Å²) in [5.41, 5.74) is 5.39. The fourth-order valence-corrected chi connectivity index (χ4v) is 2.61. The molecule has 2 aromatic rings. The fraction of sp³-hybridized carbons (Fsp3) is 0.0909. The van der Waals surface area contributed by atoms with Crippen molar-refractivity contribution in [3.63, 3.8) is 0 Å². The molecule has 20 heavy (non-hydrogen) atoms. The molecule has 106 valence electrons. The number of sulfonamides is 1. The van der Waals surface area contributed by atoms with Crippen molar-refractivity contribution in [1.29, 1.82) is 0 Å². The number of halogens is 2. The normalized spacial score (nSPS) is 11.5. The summed E-state index contributed by atoms with van der Waals surface area (Å²) in [7, 11) is -4.35. The Balaban J connectivity index is 2.28. The van der Waals surface area contributed by atoms with E-state index in [0.29, 0.717) is 5.69 Å². The van der Waals surface area contributed by atoms with E-state index < -0.39 is 26.6 Å². The van der Waals surface area contributed by atoms with Gasteiger partial charge in [-0.1, -0.05) is 0 Å². The molecule has 9 heteroatoms. The molecule has 6 nitrogen and oxygen atoms in total. The zero-order valence-corrected chi connectivity index (χ0v) is 10.9. The van der Waals surface area contributed by atoms with Crippen molar-refractivity contribution in [2.24, 2.45) is 0 Å². The molecule has 0 fully saturated rings. The van der Waals surface area contributed by atoms with Crippen molar-refractivity contribution in [3.8, 4) is 0 Å². The van der Waals surface area contributed by atoms with Crippen molar-refractivity contribution in [1.82, 2.24) is 14.7 Å². The van der Waals surface area contributed by atoms with Crippen LogP contribution in [0.15, 0.2) is 35.6 Å². The van der Waals surface area contributed by atoms with Crippen LogP contribution in [0.1, 0.15) is 5.69 Å². The number of nitrogen functional groups attached to an aromatic ring is 1. The van der Waals surface area contributed by atoms with Gasteiger partial charge in [0.2, 0.25) is 10.0 Å². The molecule has 0 radical (unpaired) electrons. The third-order valence-electron chi connectivity index (χ3n) is 2.38. The molecule has 0 saturated carbocycles. The molecule has 0 unspecified atom stereocenters. The number of hydrogen-bond acceptors (Lipinski definition) is 5. The summed E-state index contributed by atoms with van der Waals surface area (Å²) in [6.45, 7) is -0.214. The number of nitrogens with zero attached hydrogens (tertiary/aromatic N) is 2. The summed E-state index contributed by atoms with van der Waals surface area (Å²) in [4.78, 5) is 6.38. The lowest BCUT2D eigenvalue weighted by Crippen LogP contribution is -2.25. The molecule has 1 aromatic carbocycles. The molecular weight excluding hydrogens is 290 g/mol. The van der Waals surface area contributed by atoms with E-state index in [1.165, 1.54) is 18.6 Å². The van der Waals surface area contributed by atoms with Gasteiger partial charge in [0, 0.05) is 11.9 Å². The van der Waals surface area contributed by atoms with Crippen LogP contribution in [-0.4, -0.2) is 18.4 Å². The molecule has 0 spiro atoms. The topological polar surface area (TPSA) is 98.0 Å². The van der Waals surface area contributed by atoms with Crippen LogP contribution in [0.25, 0.3) is 0 Å². The molecule has 0 bridgehead atoms. The summed E-state index contributed by atoms with van der Waals surface area (Å²) in [5.74, 6) is -2.50. The van der Waals surface area contributed by atoms with Gasteiger partial charge in [-0.2, -0.15) is 0 Å². The minimum atomic E-state index is -4.35. The third kappa shape index (κ3) is 3.06. The predicted molar refractivity (Wildman–Crippen MR) is 66.8 cm³/mol. The molecule has 0 amide bonds. The van der Waals surface area contributed by atoms with Gasteiger partial charge in [-0.3, -0.25) is 0 Å². The molecule has 0 aliphatic heterocycles. The Morgan fingerprint density at radius 3 is 2.45 bits per heavy atom. The van der Waals surface area contributed by atoms with Gasteiger partial charge in [0.05, 0.1) is 12.2 Å². The van der Waals surface area contributed by atoms with Crippen molar-refractivity contribution < 1.29 is 17.2 Å². The van der Waals surface area contributed by atoms with Gasteiger partial charge in [0.1, 0.15) is 18.0 Å². The Hall–Kier alpha value is -2.13. The maximum Gasteiger partial charge on any atom is 0.246 e. The molecule has 1 heterocycles. The quantitative estimate of drug-likeness (QED) is 0.814. The van der Waals surface area contributed by atoms with Crippen LogP contribution in [0, 0.1) is 11.6 Å². The van der Waals surface area contributed by atoms with Crippen LogP contribution in [0.3, 0.4) is 0 Å². The second kappa shape index (κ2) is 5.47. The Morgan fingerprint density at radius 1 is 1.25 bits per heavy atom. The van der Waals surface area contributed by atoms with Gasteiger partial charge in [0.25, 0.3) is 0 Å². The monoisotopic (exact) mass is 300 g/mol. The van der Waals surface area contributed by atoms with Gasteiger partial charge in [0.15, 0.2) is 4.90 Å². The largest absolute Gasteiger partial charge is 0.399 e. The lowest BCUT2D eigenvalue weighted by molar-refractivity contribution is 0.514. The highest BCUT2D eigenvalue weighted by Crippen LogP contribution is 2.21. The van der Waals surface area contributed by atoms with Crippen LogP contribution in [0.4, 0.5) is 14.5 Å². The van der Waals surface area contributed by atoms with Crippen LogP contribution in [0.2, 0.25) is 0 Å². The number of aromatic nitrogens is 2. The lowest BCUT2D eigenvalue weighted by atomic mass is 10.3. The minimum Gasteiger partial charge on any atom is -0.399 e. The predicted octanol–water partition coefficient (Wildman–Crippen LogP) is 0.816. The van der Waals surface area contributed by atoms with Gasteiger partial charge in [-0.05, 0) is 18.2 Å². The smallest absolute Gasteiger partial charge is 0.246 e. The van der Waals surface area contributed by atoms with E-state index in [1.807, 2.05) is 0 Å². The number of hydrogen-bond donors (Lipinski definition) is 2. The standard InChI is InChI=1S/C11H10F2N4O2S/c12-9-3-7(14)4-10(13)11(9)20(18,19)17-5-8-1-2-15-6-16-8/h1-4,6,17H,5,14H2. The highest BCUT2D eigenvalue weighted by Gasteiger charge is 2.24. The first-order valence-corrected chi connectivity index (χ1v) is 6.87. The lowest BCUT2D eigenvalue weighted by Gasteiger charge is -2.09. The summed E-state index contributed by atoms with van der Waals surface area (Å²) in [5, 5.41) is 0.